The molecule has 0 saturated carbocycles. The second kappa shape index (κ2) is 1.08. The smallest absolute Gasteiger partial charge is 0.163 e. The number of hydrogen-bond donors (Lipinski definition) is 0. The van der Waals surface area contributed by atoms with Gasteiger partial charge in [-0.05, 0) is 0 Å². The zero-order valence-corrected chi connectivity index (χ0v) is 2.93. The third-order valence-corrected chi connectivity index (χ3v) is 0.429. The molecule has 1 aliphatic rings. The molecule has 0 saturated heterocycles. The highest BCUT2D eigenvalue weighted by Gasteiger charge is 1.92. The summed E-state index contributed by atoms with van der Waals surface area (Å²) in [6.45, 7) is 0. The molecule has 0 atom stereocenters. The van der Waals surface area contributed by atoms with E-state index in [2.05, 4.69) is 10.5 Å². The Morgan fingerprint density at radius 1 is 1.67 bits per heavy atom. The molecule has 0 amide bonds. The highest BCUT2D eigenvalue weighted by Crippen LogP contribution is 1.93. The van der Waals surface area contributed by atoms with Crippen molar-refractivity contribution in [1.82, 2.24) is 5.43 Å². The molecule has 1 rings (SSSR count). The first kappa shape index (κ1) is 3.33. The maximum Gasteiger partial charge on any atom is 0.163 e. The van der Waals surface area contributed by atoms with Crippen molar-refractivity contribution in [3.05, 3.63) is 12.0 Å². The van der Waals surface area contributed by atoms with Gasteiger partial charge in [-0.25, -0.2) is 4.39 Å². The number of allylic oxidation sites excluding steroid dienone is 1. The summed E-state index contributed by atoms with van der Waals surface area (Å²) in [6.07, 6.45) is 2.11. The third-order valence-electron chi connectivity index (χ3n) is 0.429. The van der Waals surface area contributed by atoms with E-state index in [0.717, 1.165) is 12.4 Å². The van der Waals surface area contributed by atoms with E-state index in [1.807, 2.05) is 0 Å². The van der Waals surface area contributed by atoms with Crippen LogP contribution in [0.5, 0.6) is 0 Å². The molecule has 0 aromatic rings. The van der Waals surface area contributed by atoms with Gasteiger partial charge in [0.05, 0.1) is 12.4 Å². The average Bonchev–Trinajstić information content (AvgIpc) is 1.86. The normalized spacial score (nSPS) is 17.2. The van der Waals surface area contributed by atoms with E-state index < -0.39 is 0 Å². The van der Waals surface area contributed by atoms with Crippen molar-refractivity contribution in [2.24, 2.45) is 5.10 Å². The predicted molar refractivity (Wildman–Crippen MR) is 19.8 cm³/mol. The Kier molecular flexibility index (Phi) is 0.602. The summed E-state index contributed by atoms with van der Waals surface area (Å²) in [5, 5.41) is 3.20. The van der Waals surface area contributed by atoms with Crippen LogP contribution in [0.15, 0.2) is 17.1 Å². The Balaban J connectivity index is 2.68. The molecule has 1 radical (unpaired) electrons. The average molecular weight is 85.1 g/mol. The van der Waals surface area contributed by atoms with Crippen molar-refractivity contribution in [3.63, 3.8) is 0 Å². The van der Waals surface area contributed by atoms with Gasteiger partial charge in [0, 0.05) is 0 Å². The fourth-order valence-corrected chi connectivity index (χ4v) is 0.210. The molecule has 0 unspecified atom stereocenters. The molecule has 0 fully saturated rings. The lowest BCUT2D eigenvalue weighted by Crippen LogP contribution is -1.69. The quantitative estimate of drug-likeness (QED) is 0.407. The van der Waals surface area contributed by atoms with Gasteiger partial charge in [-0.2, -0.15) is 10.5 Å². The summed E-state index contributed by atoms with van der Waals surface area (Å²) in [5.74, 6) is -0.380. The SMILES string of the molecule is FC1=C[N]N=C1. The van der Waals surface area contributed by atoms with Gasteiger partial charge in [0.25, 0.3) is 0 Å². The molecule has 0 N–H and O–H groups in total. The molecule has 2 nitrogen and oxygen atoms in total. The molecule has 0 bridgehead atoms. The highest BCUT2D eigenvalue weighted by molar-refractivity contribution is 5.76. The summed E-state index contributed by atoms with van der Waals surface area (Å²) in [4.78, 5) is 0. The van der Waals surface area contributed by atoms with Crippen molar-refractivity contribution < 1.29 is 4.39 Å². The van der Waals surface area contributed by atoms with Crippen LogP contribution in [0, 0.1) is 0 Å². The third kappa shape index (κ3) is 0.381. The molecule has 6 heavy (non-hydrogen) atoms. The van der Waals surface area contributed by atoms with Gasteiger partial charge in [0.1, 0.15) is 0 Å². The van der Waals surface area contributed by atoms with Gasteiger partial charge in [0.2, 0.25) is 0 Å². The number of halogens is 1. The zero-order chi connectivity index (χ0) is 4.41. The molecule has 1 aliphatic heterocycles. The van der Waals surface area contributed by atoms with E-state index in [1.165, 1.54) is 0 Å². The van der Waals surface area contributed by atoms with E-state index in [9.17, 15) is 4.39 Å². The predicted octanol–water partition coefficient (Wildman–Crippen LogP) is 0.401. The van der Waals surface area contributed by atoms with Crippen LogP contribution in [-0.2, 0) is 0 Å². The molecule has 0 aromatic carbocycles. The van der Waals surface area contributed by atoms with Crippen LogP contribution in [0.3, 0.4) is 0 Å². The summed E-state index contributed by atoms with van der Waals surface area (Å²) >= 11 is 0. The van der Waals surface area contributed by atoms with E-state index in [-0.39, 0.29) is 5.83 Å². The standard InChI is InChI=1S/C3H2FN2/c4-3-1-5-6-2-3/h1-2H. The van der Waals surface area contributed by atoms with Crippen molar-refractivity contribution >= 4 is 6.21 Å². The topological polar surface area (TPSA) is 26.5 Å². The fourth-order valence-electron chi connectivity index (χ4n) is 0.210. The summed E-state index contributed by atoms with van der Waals surface area (Å²) < 4.78 is 11.5. The largest absolute Gasteiger partial charge is 0.203 e. The second-order valence-corrected chi connectivity index (χ2v) is 0.874. The Morgan fingerprint density at radius 3 is 2.67 bits per heavy atom. The Hall–Kier alpha value is -0.860. The second-order valence-electron chi connectivity index (χ2n) is 0.874. The summed E-state index contributed by atoms with van der Waals surface area (Å²) in [5.41, 5.74) is 3.20. The van der Waals surface area contributed by atoms with Crippen molar-refractivity contribution in [2.75, 3.05) is 0 Å². The minimum absolute atomic E-state index is 0.380. The van der Waals surface area contributed by atoms with Crippen LogP contribution in [0.25, 0.3) is 0 Å². The van der Waals surface area contributed by atoms with Gasteiger partial charge in [-0.15, -0.1) is 0 Å². The maximum absolute atomic E-state index is 11.5. The number of nitrogens with zero attached hydrogens (tertiary/aromatic N) is 2. The first-order valence-corrected chi connectivity index (χ1v) is 1.48. The lowest BCUT2D eigenvalue weighted by atomic mass is 10.6. The minimum Gasteiger partial charge on any atom is -0.203 e. The number of hydrogen-bond acceptors (Lipinski definition) is 1. The molecule has 3 heteroatoms. The van der Waals surface area contributed by atoms with E-state index in [1.54, 1.807) is 0 Å². The Morgan fingerprint density at radius 2 is 2.50 bits per heavy atom. The Bertz CT molecular complexity index is 103. The van der Waals surface area contributed by atoms with Crippen LogP contribution in [0.2, 0.25) is 0 Å². The Labute approximate surface area is 34.4 Å². The van der Waals surface area contributed by atoms with Crippen molar-refractivity contribution in [3.8, 4) is 0 Å². The van der Waals surface area contributed by atoms with Gasteiger partial charge in [-0.3, -0.25) is 0 Å². The molecule has 0 spiro atoms. The molecule has 0 aliphatic carbocycles. The molecular weight excluding hydrogens is 83.0 g/mol. The van der Waals surface area contributed by atoms with Gasteiger partial charge in [-0.1, -0.05) is 0 Å². The van der Waals surface area contributed by atoms with E-state index in [4.69, 9.17) is 0 Å². The summed E-state index contributed by atoms with van der Waals surface area (Å²) in [6, 6.07) is 0. The first-order chi connectivity index (χ1) is 2.89. The lowest BCUT2D eigenvalue weighted by molar-refractivity contribution is 0.684. The van der Waals surface area contributed by atoms with Crippen molar-refractivity contribution in [2.45, 2.75) is 0 Å². The maximum atomic E-state index is 11.5. The molecule has 0 aromatic heterocycles. The zero-order valence-electron chi connectivity index (χ0n) is 2.93. The van der Waals surface area contributed by atoms with Crippen molar-refractivity contribution in [1.29, 1.82) is 0 Å². The highest BCUT2D eigenvalue weighted by atomic mass is 19.1. The van der Waals surface area contributed by atoms with Crippen LogP contribution in [-0.4, -0.2) is 6.21 Å². The molecule has 1 heterocycles. The number of rotatable bonds is 0. The van der Waals surface area contributed by atoms with Crippen LogP contribution >= 0.6 is 0 Å². The van der Waals surface area contributed by atoms with Crippen LogP contribution in [0.4, 0.5) is 4.39 Å². The van der Waals surface area contributed by atoms with E-state index in [0.29, 0.717) is 0 Å². The van der Waals surface area contributed by atoms with Gasteiger partial charge in [0.15, 0.2) is 5.83 Å². The fraction of sp³-hybridized carbons (Fsp3) is 0. The monoisotopic (exact) mass is 85.0 g/mol. The molecule has 31 valence electrons. The first-order valence-electron chi connectivity index (χ1n) is 1.48. The van der Waals surface area contributed by atoms with Crippen LogP contribution in [0.1, 0.15) is 0 Å². The van der Waals surface area contributed by atoms with Gasteiger partial charge < -0.3 is 0 Å². The van der Waals surface area contributed by atoms with Gasteiger partial charge >= 0.3 is 0 Å². The minimum atomic E-state index is -0.380. The lowest BCUT2D eigenvalue weighted by Gasteiger charge is -1.63. The van der Waals surface area contributed by atoms with E-state index >= 15 is 0 Å². The summed E-state index contributed by atoms with van der Waals surface area (Å²) in [7, 11) is 0. The van der Waals surface area contributed by atoms with Crippen LogP contribution < -0.4 is 5.43 Å². The molecular formula is C3H2FN2.